The van der Waals surface area contributed by atoms with E-state index in [1.165, 1.54) is 5.56 Å². The van der Waals surface area contributed by atoms with Gasteiger partial charge in [0.15, 0.2) is 5.96 Å². The number of aromatic nitrogens is 1. The van der Waals surface area contributed by atoms with E-state index in [0.717, 1.165) is 43.6 Å². The van der Waals surface area contributed by atoms with Gasteiger partial charge in [0.25, 0.3) is 0 Å². The van der Waals surface area contributed by atoms with E-state index < -0.39 is 0 Å². The molecule has 0 aliphatic carbocycles. The summed E-state index contributed by atoms with van der Waals surface area (Å²) in [6.45, 7) is 14.4. The average Bonchev–Trinajstić information content (AvgIpc) is 3.26. The van der Waals surface area contributed by atoms with Crippen molar-refractivity contribution in [2.45, 2.75) is 47.2 Å². The van der Waals surface area contributed by atoms with Crippen LogP contribution in [0.5, 0.6) is 0 Å². The lowest BCUT2D eigenvalue weighted by Gasteiger charge is -2.30. The third-order valence-electron chi connectivity index (χ3n) is 4.43. The normalized spacial score (nSPS) is 12.7. The second-order valence-electron chi connectivity index (χ2n) is 6.12. The molecule has 0 saturated carbocycles. The summed E-state index contributed by atoms with van der Waals surface area (Å²) in [4.78, 5) is 11.5. The number of hydrogen-bond acceptors (Lipinski definition) is 5. The van der Waals surface area contributed by atoms with E-state index in [1.807, 2.05) is 13.8 Å². The van der Waals surface area contributed by atoms with Gasteiger partial charge in [0.2, 0.25) is 5.89 Å². The molecule has 2 aromatic heterocycles. The molecule has 1 atom stereocenters. The predicted molar refractivity (Wildman–Crippen MR) is 124 cm³/mol. The first-order valence-corrected chi connectivity index (χ1v) is 10.2. The Kier molecular flexibility index (Phi) is 10.9. The maximum absolute atomic E-state index is 5.62. The smallest absolute Gasteiger partial charge is 0.216 e. The van der Waals surface area contributed by atoms with Gasteiger partial charge in [0.1, 0.15) is 12.3 Å². The number of nitrogens with one attached hydrogen (secondary N) is 2. The van der Waals surface area contributed by atoms with Crippen LogP contribution in [0.1, 0.15) is 49.7 Å². The minimum Gasteiger partial charge on any atom is -0.444 e. The van der Waals surface area contributed by atoms with Gasteiger partial charge in [0, 0.05) is 13.1 Å². The van der Waals surface area contributed by atoms with Crippen LogP contribution in [0.2, 0.25) is 0 Å². The third kappa shape index (κ3) is 7.08. The second-order valence-corrected chi connectivity index (χ2v) is 6.90. The molecule has 0 bridgehead atoms. The third-order valence-corrected chi connectivity index (χ3v) is 5.13. The molecule has 1 unspecified atom stereocenters. The molecular weight excluding hydrogens is 473 g/mol. The summed E-state index contributed by atoms with van der Waals surface area (Å²) in [6.07, 6.45) is 0. The summed E-state index contributed by atoms with van der Waals surface area (Å²) in [6, 6.07) is 2.53. The van der Waals surface area contributed by atoms with Crippen molar-refractivity contribution in [3.05, 3.63) is 39.7 Å². The molecule has 0 fully saturated rings. The van der Waals surface area contributed by atoms with E-state index >= 15 is 0 Å². The summed E-state index contributed by atoms with van der Waals surface area (Å²) in [5.74, 6) is 2.29. The van der Waals surface area contributed by atoms with Gasteiger partial charge >= 0.3 is 0 Å². The first-order valence-electron chi connectivity index (χ1n) is 9.30. The van der Waals surface area contributed by atoms with Crippen LogP contribution in [0.15, 0.2) is 26.2 Å². The maximum atomic E-state index is 5.62. The van der Waals surface area contributed by atoms with Crippen molar-refractivity contribution in [1.29, 1.82) is 0 Å². The Morgan fingerprint density at radius 3 is 2.52 bits per heavy atom. The van der Waals surface area contributed by atoms with Crippen molar-refractivity contribution in [1.82, 2.24) is 20.5 Å². The number of guanidine groups is 1. The highest BCUT2D eigenvalue weighted by Gasteiger charge is 2.18. The number of nitrogens with zero attached hydrogens (tertiary/aromatic N) is 3. The molecule has 2 heterocycles. The average molecular weight is 505 g/mol. The molecule has 0 amide bonds. The lowest BCUT2D eigenvalue weighted by atomic mass is 10.1. The molecule has 8 heteroatoms. The molecule has 0 aliphatic heterocycles. The molecule has 0 saturated heterocycles. The molecule has 2 rings (SSSR count). The van der Waals surface area contributed by atoms with E-state index in [9.17, 15) is 0 Å². The lowest BCUT2D eigenvalue weighted by Crippen LogP contribution is -2.43. The van der Waals surface area contributed by atoms with Crippen molar-refractivity contribution in [2.75, 3.05) is 26.2 Å². The summed E-state index contributed by atoms with van der Waals surface area (Å²) >= 11 is 1.74. The van der Waals surface area contributed by atoms with Crippen LogP contribution in [0.3, 0.4) is 0 Å². The van der Waals surface area contributed by atoms with Crippen LogP contribution < -0.4 is 10.6 Å². The quantitative estimate of drug-likeness (QED) is 0.305. The second kappa shape index (κ2) is 12.4. The van der Waals surface area contributed by atoms with E-state index in [2.05, 4.69) is 63.1 Å². The standard InChI is InChI=1S/C19H31N5OS.HI/c1-6-20-19(22-12-18-23-14(4)15(5)25-18)21-11-17(24(7-2)8-3)16-9-10-26-13-16;/h9-10,13,17H,6-8,11-12H2,1-5H3,(H2,20,21,22);1H. The van der Waals surface area contributed by atoms with Gasteiger partial charge in [-0.25, -0.2) is 9.98 Å². The van der Waals surface area contributed by atoms with Crippen molar-refractivity contribution in [3.8, 4) is 0 Å². The molecule has 6 nitrogen and oxygen atoms in total. The largest absolute Gasteiger partial charge is 0.444 e. The Bertz CT molecular complexity index is 663. The summed E-state index contributed by atoms with van der Waals surface area (Å²) in [7, 11) is 0. The first-order chi connectivity index (χ1) is 12.6. The fraction of sp³-hybridized carbons (Fsp3) is 0.579. The minimum absolute atomic E-state index is 0. The van der Waals surface area contributed by atoms with E-state index in [1.54, 1.807) is 11.3 Å². The Morgan fingerprint density at radius 2 is 2.00 bits per heavy atom. The van der Waals surface area contributed by atoms with E-state index in [4.69, 9.17) is 4.42 Å². The molecule has 0 aliphatic rings. The molecule has 27 heavy (non-hydrogen) atoms. The number of oxazole rings is 1. The van der Waals surface area contributed by atoms with Gasteiger partial charge in [-0.2, -0.15) is 11.3 Å². The van der Waals surface area contributed by atoms with Crippen LogP contribution in [0.25, 0.3) is 0 Å². The van der Waals surface area contributed by atoms with E-state index in [0.29, 0.717) is 18.5 Å². The molecule has 2 aromatic rings. The van der Waals surface area contributed by atoms with Gasteiger partial charge in [-0.15, -0.1) is 24.0 Å². The SMILES string of the molecule is CCNC(=NCc1nc(C)c(C)o1)NCC(c1ccsc1)N(CC)CC.I. The van der Waals surface area contributed by atoms with Crippen LogP contribution in [0, 0.1) is 13.8 Å². The topological polar surface area (TPSA) is 65.7 Å². The fourth-order valence-electron chi connectivity index (χ4n) is 2.88. The van der Waals surface area contributed by atoms with Crippen molar-refractivity contribution >= 4 is 41.3 Å². The highest BCUT2D eigenvalue weighted by molar-refractivity contribution is 14.0. The van der Waals surface area contributed by atoms with Crippen LogP contribution in [0.4, 0.5) is 0 Å². The van der Waals surface area contributed by atoms with Gasteiger partial charge < -0.3 is 15.1 Å². The maximum Gasteiger partial charge on any atom is 0.216 e. The summed E-state index contributed by atoms with van der Waals surface area (Å²) < 4.78 is 5.62. The predicted octanol–water partition coefficient (Wildman–Crippen LogP) is 4.11. The molecule has 0 spiro atoms. The monoisotopic (exact) mass is 505 g/mol. The van der Waals surface area contributed by atoms with Crippen molar-refractivity contribution in [2.24, 2.45) is 4.99 Å². The molecule has 2 N–H and O–H groups in total. The highest BCUT2D eigenvalue weighted by Crippen LogP contribution is 2.22. The molecule has 152 valence electrons. The fourth-order valence-corrected chi connectivity index (χ4v) is 3.58. The zero-order chi connectivity index (χ0) is 18.9. The molecule has 0 aromatic carbocycles. The van der Waals surface area contributed by atoms with Crippen molar-refractivity contribution < 1.29 is 4.42 Å². The number of hydrogen-bond donors (Lipinski definition) is 2. The van der Waals surface area contributed by atoms with Crippen LogP contribution >= 0.6 is 35.3 Å². The van der Waals surface area contributed by atoms with Gasteiger partial charge in [-0.05, 0) is 56.3 Å². The Morgan fingerprint density at radius 1 is 1.26 bits per heavy atom. The molecular formula is C19H32IN5OS. The van der Waals surface area contributed by atoms with Gasteiger partial charge in [-0.3, -0.25) is 4.90 Å². The summed E-state index contributed by atoms with van der Waals surface area (Å²) in [5, 5.41) is 11.2. The summed E-state index contributed by atoms with van der Waals surface area (Å²) in [5.41, 5.74) is 2.27. The number of aliphatic imine (C=N–C) groups is 1. The Hall–Kier alpha value is -1.13. The highest BCUT2D eigenvalue weighted by atomic mass is 127. The number of likely N-dealkylation sites (N-methyl/N-ethyl adjacent to an activating group) is 1. The number of thiophene rings is 1. The molecule has 0 radical (unpaired) electrons. The number of rotatable bonds is 9. The van der Waals surface area contributed by atoms with Gasteiger partial charge in [0.05, 0.1) is 11.7 Å². The zero-order valence-corrected chi connectivity index (χ0v) is 20.1. The van der Waals surface area contributed by atoms with Crippen LogP contribution in [-0.2, 0) is 6.54 Å². The number of aryl methyl sites for hydroxylation is 2. The van der Waals surface area contributed by atoms with E-state index in [-0.39, 0.29) is 24.0 Å². The van der Waals surface area contributed by atoms with Crippen molar-refractivity contribution in [3.63, 3.8) is 0 Å². The van der Waals surface area contributed by atoms with Crippen LogP contribution in [-0.4, -0.2) is 42.0 Å². The van der Waals surface area contributed by atoms with Gasteiger partial charge in [-0.1, -0.05) is 13.8 Å². The lowest BCUT2D eigenvalue weighted by molar-refractivity contribution is 0.219. The Labute approximate surface area is 183 Å². The number of halogens is 1. The minimum atomic E-state index is 0. The Balaban J connectivity index is 0.00000364. The zero-order valence-electron chi connectivity index (χ0n) is 16.9. The first kappa shape index (κ1) is 23.9.